The Balaban J connectivity index is 0.00000171. The number of aromatic nitrogens is 5. The first-order valence-corrected chi connectivity index (χ1v) is 9.26. The summed E-state index contributed by atoms with van der Waals surface area (Å²) >= 11 is 0. The lowest BCUT2D eigenvalue weighted by Gasteiger charge is -2.03. The minimum Gasteiger partial charge on any atom is -0.339 e. The highest BCUT2D eigenvalue weighted by atomic mass is 35.5. The maximum Gasteiger partial charge on any atom is 0.230 e. The number of para-hydroxylation sites is 2. The van der Waals surface area contributed by atoms with Gasteiger partial charge < -0.3 is 9.84 Å². The molecule has 28 heavy (non-hydrogen) atoms. The average molecular weight is 395 g/mol. The van der Waals surface area contributed by atoms with Gasteiger partial charge in [0, 0.05) is 24.2 Å². The number of hydrogen-bond donors (Lipinski definition) is 1. The highest BCUT2D eigenvalue weighted by Gasteiger charge is 2.58. The van der Waals surface area contributed by atoms with Crippen molar-refractivity contribution in [3.8, 4) is 17.2 Å². The molecule has 2 atom stereocenters. The second-order valence-corrected chi connectivity index (χ2v) is 7.51. The molecule has 1 aliphatic carbocycles. The number of halogens is 1. The van der Waals surface area contributed by atoms with Crippen molar-refractivity contribution in [3.05, 3.63) is 54.8 Å². The van der Waals surface area contributed by atoms with Gasteiger partial charge in [0.2, 0.25) is 11.7 Å². The highest BCUT2D eigenvalue weighted by molar-refractivity contribution is 5.85. The van der Waals surface area contributed by atoms with Gasteiger partial charge in [-0.15, -0.1) is 12.4 Å². The Labute approximate surface area is 167 Å². The summed E-state index contributed by atoms with van der Waals surface area (Å²) in [4.78, 5) is 13.6. The number of pyridine rings is 1. The number of rotatable bonds is 3. The number of nitrogens with zero attached hydrogens (tertiary/aromatic N) is 5. The van der Waals surface area contributed by atoms with Crippen molar-refractivity contribution in [1.29, 1.82) is 0 Å². The Morgan fingerprint density at radius 2 is 2.07 bits per heavy atom. The van der Waals surface area contributed by atoms with Gasteiger partial charge in [0.05, 0.1) is 11.0 Å². The second-order valence-electron chi connectivity index (χ2n) is 7.51. The molecule has 4 aromatic rings. The van der Waals surface area contributed by atoms with E-state index in [9.17, 15) is 0 Å². The fraction of sp³-hybridized carbons (Fsp3) is 0.300. The summed E-state index contributed by atoms with van der Waals surface area (Å²) in [7, 11) is 0. The molecule has 7 nitrogen and oxygen atoms in total. The largest absolute Gasteiger partial charge is 0.339 e. The van der Waals surface area contributed by atoms with E-state index in [1.54, 1.807) is 12.5 Å². The topological polar surface area (TPSA) is 81.7 Å². The van der Waals surface area contributed by atoms with E-state index in [2.05, 4.69) is 25.4 Å². The standard InChI is InChI=1S/C20H18N6O.ClH/c1-2-4-16-15(3-1)23-12-26(16)17-6-5-13(10-22-17)18-24-19(27-25-18)14-9-20(14)7-8-21-11-20;/h1-6,10,12,14,21H,7-9,11H2;1H. The number of hydrogen-bond acceptors (Lipinski definition) is 6. The lowest BCUT2D eigenvalue weighted by atomic mass is 10.0. The van der Waals surface area contributed by atoms with Crippen LogP contribution in [0.15, 0.2) is 53.4 Å². The fourth-order valence-corrected chi connectivity index (χ4v) is 4.23. The van der Waals surface area contributed by atoms with Crippen molar-refractivity contribution in [1.82, 2.24) is 30.0 Å². The first-order valence-electron chi connectivity index (χ1n) is 9.26. The van der Waals surface area contributed by atoms with Gasteiger partial charge in [0.1, 0.15) is 12.1 Å². The molecule has 1 aromatic carbocycles. The van der Waals surface area contributed by atoms with Crippen LogP contribution in [0, 0.1) is 5.41 Å². The summed E-state index contributed by atoms with van der Waals surface area (Å²) in [6.07, 6.45) is 5.93. The smallest absolute Gasteiger partial charge is 0.230 e. The summed E-state index contributed by atoms with van der Waals surface area (Å²) in [5.74, 6) is 2.58. The minimum absolute atomic E-state index is 0. The molecule has 2 fully saturated rings. The van der Waals surface area contributed by atoms with Crippen LogP contribution >= 0.6 is 12.4 Å². The monoisotopic (exact) mass is 394 g/mol. The molecule has 0 bridgehead atoms. The van der Waals surface area contributed by atoms with Gasteiger partial charge in [-0.2, -0.15) is 4.98 Å². The number of benzene rings is 1. The molecule has 1 aliphatic heterocycles. The maximum atomic E-state index is 5.56. The van der Waals surface area contributed by atoms with Crippen LogP contribution in [0.25, 0.3) is 28.2 Å². The molecule has 2 unspecified atom stereocenters. The van der Waals surface area contributed by atoms with Crippen molar-refractivity contribution in [2.24, 2.45) is 5.41 Å². The first-order chi connectivity index (χ1) is 13.3. The molecule has 4 heterocycles. The number of nitrogens with one attached hydrogen (secondary N) is 1. The van der Waals surface area contributed by atoms with Crippen molar-refractivity contribution in [3.63, 3.8) is 0 Å². The third kappa shape index (κ3) is 2.62. The summed E-state index contributed by atoms with van der Waals surface area (Å²) in [6.45, 7) is 2.15. The Bertz CT molecular complexity index is 1130. The molecular formula is C20H19ClN6O. The van der Waals surface area contributed by atoms with E-state index < -0.39 is 0 Å². The second kappa shape index (κ2) is 6.39. The zero-order valence-electron chi connectivity index (χ0n) is 15.1. The Morgan fingerprint density at radius 3 is 2.89 bits per heavy atom. The van der Waals surface area contributed by atoms with Crippen LogP contribution in [0.3, 0.4) is 0 Å². The normalized spacial score (nSPS) is 23.2. The molecule has 6 rings (SSSR count). The Morgan fingerprint density at radius 1 is 1.14 bits per heavy atom. The Kier molecular flexibility index (Phi) is 3.96. The molecular weight excluding hydrogens is 376 g/mol. The molecule has 0 radical (unpaired) electrons. The Hall–Kier alpha value is -2.77. The SMILES string of the molecule is Cl.c1ccc2c(c1)ncn2-c1ccc(-c2noc(C3CC34CCNC4)n2)cn1. The van der Waals surface area contributed by atoms with Gasteiger partial charge in [0.25, 0.3) is 0 Å². The zero-order chi connectivity index (χ0) is 17.8. The van der Waals surface area contributed by atoms with Crippen LogP contribution in [0.2, 0.25) is 0 Å². The highest BCUT2D eigenvalue weighted by Crippen LogP contribution is 2.62. The molecule has 1 N–H and O–H groups in total. The van der Waals surface area contributed by atoms with Gasteiger partial charge >= 0.3 is 0 Å². The van der Waals surface area contributed by atoms with E-state index in [0.717, 1.165) is 47.8 Å². The molecule has 142 valence electrons. The molecule has 3 aromatic heterocycles. The predicted octanol–water partition coefficient (Wildman–Crippen LogP) is 3.36. The fourth-order valence-electron chi connectivity index (χ4n) is 4.23. The third-order valence-corrected chi connectivity index (χ3v) is 5.91. The summed E-state index contributed by atoms with van der Waals surface area (Å²) < 4.78 is 7.53. The molecule has 8 heteroatoms. The first kappa shape index (κ1) is 17.3. The molecule has 0 amide bonds. The van der Waals surface area contributed by atoms with Crippen LogP contribution in [0.5, 0.6) is 0 Å². The van der Waals surface area contributed by atoms with Gasteiger partial charge in [-0.25, -0.2) is 9.97 Å². The molecule has 1 saturated heterocycles. The van der Waals surface area contributed by atoms with Crippen molar-refractivity contribution >= 4 is 23.4 Å². The van der Waals surface area contributed by atoms with Crippen LogP contribution in [0.4, 0.5) is 0 Å². The summed E-state index contributed by atoms with van der Waals surface area (Å²) in [6, 6.07) is 11.9. The van der Waals surface area contributed by atoms with Crippen LogP contribution in [0.1, 0.15) is 24.7 Å². The van der Waals surface area contributed by atoms with E-state index in [1.807, 2.05) is 41.0 Å². The van der Waals surface area contributed by atoms with Gasteiger partial charge in [-0.05, 0) is 49.1 Å². The van der Waals surface area contributed by atoms with E-state index in [1.165, 1.54) is 6.42 Å². The van der Waals surface area contributed by atoms with Crippen LogP contribution < -0.4 is 5.32 Å². The predicted molar refractivity (Wildman–Crippen MR) is 107 cm³/mol. The lowest BCUT2D eigenvalue weighted by molar-refractivity contribution is 0.364. The molecule has 2 aliphatic rings. The van der Waals surface area contributed by atoms with Gasteiger partial charge in [0.15, 0.2) is 0 Å². The maximum absolute atomic E-state index is 5.56. The van der Waals surface area contributed by atoms with Crippen molar-refractivity contribution in [2.75, 3.05) is 13.1 Å². The van der Waals surface area contributed by atoms with E-state index in [-0.39, 0.29) is 12.4 Å². The summed E-state index contributed by atoms with van der Waals surface area (Å²) in [5, 5.41) is 7.62. The van der Waals surface area contributed by atoms with Gasteiger partial charge in [-0.3, -0.25) is 4.57 Å². The summed E-state index contributed by atoms with van der Waals surface area (Å²) in [5.41, 5.74) is 3.20. The van der Waals surface area contributed by atoms with Crippen LogP contribution in [-0.4, -0.2) is 37.8 Å². The molecule has 1 saturated carbocycles. The lowest BCUT2D eigenvalue weighted by Crippen LogP contribution is -2.10. The zero-order valence-corrected chi connectivity index (χ0v) is 15.9. The van der Waals surface area contributed by atoms with E-state index >= 15 is 0 Å². The van der Waals surface area contributed by atoms with Gasteiger partial charge in [-0.1, -0.05) is 17.3 Å². The van der Waals surface area contributed by atoms with Crippen LogP contribution in [-0.2, 0) is 0 Å². The van der Waals surface area contributed by atoms with E-state index in [4.69, 9.17) is 4.52 Å². The third-order valence-electron chi connectivity index (χ3n) is 5.91. The number of fused-ring (bicyclic) bond motifs is 1. The average Bonchev–Trinajstić information content (AvgIpc) is 3.16. The minimum atomic E-state index is 0. The number of imidazole rings is 1. The van der Waals surface area contributed by atoms with Crippen molar-refractivity contribution < 1.29 is 4.52 Å². The van der Waals surface area contributed by atoms with E-state index in [0.29, 0.717) is 17.2 Å². The van der Waals surface area contributed by atoms with Crippen molar-refractivity contribution in [2.45, 2.75) is 18.8 Å². The quantitative estimate of drug-likeness (QED) is 0.573. The molecule has 1 spiro atoms.